The van der Waals surface area contributed by atoms with Crippen LogP contribution in [0.1, 0.15) is 38.7 Å². The van der Waals surface area contributed by atoms with E-state index < -0.39 is 72.1 Å². The van der Waals surface area contributed by atoms with Crippen LogP contribution in [0, 0.1) is 5.92 Å². The summed E-state index contributed by atoms with van der Waals surface area (Å²) in [6.07, 6.45) is -1.16. The van der Waals surface area contributed by atoms with Crippen LogP contribution in [-0.2, 0) is 35.2 Å². The number of rotatable bonds is 15. The van der Waals surface area contributed by atoms with Gasteiger partial charge in [-0.25, -0.2) is 4.79 Å². The Labute approximate surface area is 208 Å². The molecule has 198 valence electrons. The standard InChI is InChI=1S/C23H33N5O8/c1-12(2)19(23(35)36)28-22(34)15(10-13-6-4-3-5-7-13)27-21(33)16(11-18(30)31)26-20(32)14(24)8-9-17(25)29/h3-7,12,14-16,19H,8-11,24H2,1-2H3,(H2,25,29)(H,26,32)(H,27,33)(H,28,34)(H,30,31)(H,35,36). The van der Waals surface area contributed by atoms with Crippen LogP contribution in [0.4, 0.5) is 0 Å². The molecule has 4 unspecified atom stereocenters. The highest BCUT2D eigenvalue weighted by Gasteiger charge is 2.32. The van der Waals surface area contributed by atoms with Crippen LogP contribution in [0.2, 0.25) is 0 Å². The van der Waals surface area contributed by atoms with E-state index >= 15 is 0 Å². The zero-order chi connectivity index (χ0) is 27.4. The fourth-order valence-corrected chi connectivity index (χ4v) is 3.19. The Balaban J connectivity index is 3.10. The molecule has 4 amide bonds. The van der Waals surface area contributed by atoms with Crippen LogP contribution in [0.25, 0.3) is 0 Å². The van der Waals surface area contributed by atoms with Crippen molar-refractivity contribution in [3.63, 3.8) is 0 Å². The average molecular weight is 508 g/mol. The fraction of sp³-hybridized carbons (Fsp3) is 0.478. The van der Waals surface area contributed by atoms with Gasteiger partial charge in [0.25, 0.3) is 0 Å². The van der Waals surface area contributed by atoms with Crippen LogP contribution < -0.4 is 27.4 Å². The summed E-state index contributed by atoms with van der Waals surface area (Å²) in [6.45, 7) is 3.20. The van der Waals surface area contributed by atoms with Gasteiger partial charge in [-0.2, -0.15) is 0 Å². The van der Waals surface area contributed by atoms with E-state index in [1.165, 1.54) is 0 Å². The summed E-state index contributed by atoms with van der Waals surface area (Å²) >= 11 is 0. The van der Waals surface area contributed by atoms with Gasteiger partial charge in [0, 0.05) is 12.8 Å². The molecule has 0 aliphatic rings. The Morgan fingerprint density at radius 1 is 0.861 bits per heavy atom. The van der Waals surface area contributed by atoms with Gasteiger partial charge < -0.3 is 37.6 Å². The lowest BCUT2D eigenvalue weighted by Crippen LogP contribution is -2.58. The highest BCUT2D eigenvalue weighted by Crippen LogP contribution is 2.08. The van der Waals surface area contributed by atoms with Crippen LogP contribution in [0.15, 0.2) is 30.3 Å². The van der Waals surface area contributed by atoms with Crippen molar-refractivity contribution in [3.8, 4) is 0 Å². The number of carbonyl (C=O) groups is 6. The van der Waals surface area contributed by atoms with Crippen molar-refractivity contribution in [1.29, 1.82) is 0 Å². The molecule has 0 heterocycles. The van der Waals surface area contributed by atoms with Crippen LogP contribution in [-0.4, -0.2) is 69.9 Å². The number of nitrogens with two attached hydrogens (primary N) is 2. The van der Waals surface area contributed by atoms with Crippen molar-refractivity contribution in [2.24, 2.45) is 17.4 Å². The topological polar surface area (TPSA) is 231 Å². The molecule has 1 aromatic rings. The minimum absolute atomic E-state index is 0.0330. The molecular weight excluding hydrogens is 474 g/mol. The molecule has 0 spiro atoms. The van der Waals surface area contributed by atoms with E-state index in [1.54, 1.807) is 44.2 Å². The molecule has 1 rings (SSSR count). The second-order valence-electron chi connectivity index (χ2n) is 8.59. The SMILES string of the molecule is CC(C)C(NC(=O)C(Cc1ccccc1)NC(=O)C(CC(=O)O)NC(=O)C(N)CCC(N)=O)C(=O)O. The molecular formula is C23H33N5O8. The van der Waals surface area contributed by atoms with Gasteiger partial charge in [0.2, 0.25) is 23.6 Å². The van der Waals surface area contributed by atoms with Gasteiger partial charge >= 0.3 is 11.9 Å². The lowest BCUT2D eigenvalue weighted by atomic mass is 10.0. The molecule has 0 saturated carbocycles. The molecule has 0 bridgehead atoms. The first-order chi connectivity index (χ1) is 16.8. The van der Waals surface area contributed by atoms with Crippen molar-refractivity contribution < 1.29 is 39.0 Å². The van der Waals surface area contributed by atoms with Gasteiger partial charge in [0.15, 0.2) is 0 Å². The van der Waals surface area contributed by atoms with Gasteiger partial charge in [-0.05, 0) is 17.9 Å². The summed E-state index contributed by atoms with van der Waals surface area (Å²) in [4.78, 5) is 72.1. The zero-order valence-electron chi connectivity index (χ0n) is 20.1. The lowest BCUT2D eigenvalue weighted by molar-refractivity contribution is -0.144. The van der Waals surface area contributed by atoms with E-state index in [-0.39, 0.29) is 19.3 Å². The summed E-state index contributed by atoms with van der Waals surface area (Å²) in [5.74, 6) is -6.48. The minimum atomic E-state index is -1.60. The number of carboxylic acids is 2. The number of aliphatic carboxylic acids is 2. The molecule has 13 nitrogen and oxygen atoms in total. The lowest BCUT2D eigenvalue weighted by Gasteiger charge is -2.25. The number of hydrogen-bond acceptors (Lipinski definition) is 7. The largest absolute Gasteiger partial charge is 0.481 e. The molecule has 0 aliphatic carbocycles. The quantitative estimate of drug-likeness (QED) is 0.146. The normalized spacial score (nSPS) is 14.1. The van der Waals surface area contributed by atoms with Gasteiger partial charge in [-0.15, -0.1) is 0 Å². The summed E-state index contributed by atoms with van der Waals surface area (Å²) in [5, 5.41) is 25.6. The zero-order valence-corrected chi connectivity index (χ0v) is 20.1. The van der Waals surface area contributed by atoms with Crippen molar-refractivity contribution in [2.45, 2.75) is 63.7 Å². The van der Waals surface area contributed by atoms with Gasteiger partial charge in [-0.1, -0.05) is 44.2 Å². The number of primary amides is 1. The van der Waals surface area contributed by atoms with Crippen molar-refractivity contribution >= 4 is 35.6 Å². The molecule has 0 radical (unpaired) electrons. The summed E-state index contributed by atoms with van der Waals surface area (Å²) in [5.41, 5.74) is 11.4. The third-order valence-electron chi connectivity index (χ3n) is 5.20. The summed E-state index contributed by atoms with van der Waals surface area (Å²) < 4.78 is 0. The van der Waals surface area contributed by atoms with Gasteiger partial charge in [0.1, 0.15) is 18.1 Å². The predicted octanol–water partition coefficient (Wildman–Crippen LogP) is -1.51. The maximum Gasteiger partial charge on any atom is 0.326 e. The van der Waals surface area contributed by atoms with E-state index in [4.69, 9.17) is 11.5 Å². The Hall–Kier alpha value is -4.00. The number of hydrogen-bond donors (Lipinski definition) is 7. The number of nitrogens with one attached hydrogen (secondary N) is 3. The number of amides is 4. The van der Waals surface area contributed by atoms with Crippen LogP contribution >= 0.6 is 0 Å². The van der Waals surface area contributed by atoms with E-state index in [9.17, 15) is 39.0 Å². The molecule has 0 aromatic heterocycles. The van der Waals surface area contributed by atoms with Gasteiger partial charge in [0.05, 0.1) is 12.5 Å². The number of carbonyl (C=O) groups excluding carboxylic acids is 4. The van der Waals surface area contributed by atoms with Crippen molar-refractivity contribution in [3.05, 3.63) is 35.9 Å². The average Bonchev–Trinajstić information content (AvgIpc) is 2.79. The molecule has 13 heteroatoms. The third-order valence-corrected chi connectivity index (χ3v) is 5.20. The van der Waals surface area contributed by atoms with E-state index in [2.05, 4.69) is 16.0 Å². The van der Waals surface area contributed by atoms with Gasteiger partial charge in [-0.3, -0.25) is 24.0 Å². The second-order valence-corrected chi connectivity index (χ2v) is 8.59. The second kappa shape index (κ2) is 14.4. The molecule has 9 N–H and O–H groups in total. The Bertz CT molecular complexity index is 953. The van der Waals surface area contributed by atoms with E-state index in [0.717, 1.165) is 0 Å². The fourth-order valence-electron chi connectivity index (χ4n) is 3.19. The number of carboxylic acid groups (broad SMARTS) is 2. The van der Waals surface area contributed by atoms with E-state index in [0.29, 0.717) is 5.56 Å². The third kappa shape index (κ3) is 10.5. The molecule has 0 fully saturated rings. The summed E-state index contributed by atoms with van der Waals surface area (Å²) in [7, 11) is 0. The first kappa shape index (κ1) is 30.0. The minimum Gasteiger partial charge on any atom is -0.481 e. The predicted molar refractivity (Wildman–Crippen MR) is 127 cm³/mol. The summed E-state index contributed by atoms with van der Waals surface area (Å²) in [6, 6.07) is 3.21. The smallest absolute Gasteiger partial charge is 0.326 e. The Morgan fingerprint density at radius 3 is 1.92 bits per heavy atom. The maximum absolute atomic E-state index is 13.0. The molecule has 0 saturated heterocycles. The Kier molecular flexibility index (Phi) is 12.0. The molecule has 1 aromatic carbocycles. The van der Waals surface area contributed by atoms with Crippen molar-refractivity contribution in [1.82, 2.24) is 16.0 Å². The van der Waals surface area contributed by atoms with Crippen LogP contribution in [0.5, 0.6) is 0 Å². The van der Waals surface area contributed by atoms with E-state index in [1.807, 2.05) is 0 Å². The number of benzene rings is 1. The molecule has 0 aliphatic heterocycles. The maximum atomic E-state index is 13.0. The monoisotopic (exact) mass is 507 g/mol. The highest BCUT2D eigenvalue weighted by molar-refractivity contribution is 5.95. The molecule has 36 heavy (non-hydrogen) atoms. The van der Waals surface area contributed by atoms with Crippen molar-refractivity contribution in [2.75, 3.05) is 0 Å². The first-order valence-electron chi connectivity index (χ1n) is 11.2. The van der Waals surface area contributed by atoms with Crippen LogP contribution in [0.3, 0.4) is 0 Å². The molecule has 4 atom stereocenters. The first-order valence-corrected chi connectivity index (χ1v) is 11.2. The highest BCUT2D eigenvalue weighted by atomic mass is 16.4. The Morgan fingerprint density at radius 2 is 1.42 bits per heavy atom.